The lowest BCUT2D eigenvalue weighted by molar-refractivity contribution is -0.137. The lowest BCUT2D eigenvalue weighted by Gasteiger charge is -2.07. The molecule has 0 bridgehead atoms. The minimum atomic E-state index is -0.742. The van der Waals surface area contributed by atoms with Gasteiger partial charge in [-0.2, -0.15) is 0 Å². The number of carboxylic acid groups (broad SMARTS) is 1. The van der Waals surface area contributed by atoms with Gasteiger partial charge in [0.1, 0.15) is 5.84 Å². The van der Waals surface area contributed by atoms with Crippen molar-refractivity contribution < 1.29 is 9.90 Å². The summed E-state index contributed by atoms with van der Waals surface area (Å²) in [5.74, 6) is -0.667. The number of aryl methyl sites for hydroxylation is 2. The molecule has 0 fully saturated rings. The second-order valence-corrected chi connectivity index (χ2v) is 4.16. The van der Waals surface area contributed by atoms with Crippen LogP contribution in [-0.4, -0.2) is 16.9 Å². The zero-order valence-electron chi connectivity index (χ0n) is 9.99. The Balaban J connectivity index is 2.54. The Morgan fingerprint density at radius 3 is 2.65 bits per heavy atom. The van der Waals surface area contributed by atoms with E-state index in [0.29, 0.717) is 6.42 Å². The van der Waals surface area contributed by atoms with Crippen LogP contribution in [0.15, 0.2) is 18.2 Å². The number of rotatable bonds is 6. The van der Waals surface area contributed by atoms with Gasteiger partial charge in [-0.15, -0.1) is 0 Å². The molecule has 0 aliphatic carbocycles. The van der Waals surface area contributed by atoms with Gasteiger partial charge in [-0.05, 0) is 43.4 Å². The molecule has 0 radical (unpaired) electrons. The third-order valence-electron chi connectivity index (χ3n) is 2.74. The van der Waals surface area contributed by atoms with Crippen molar-refractivity contribution in [2.75, 3.05) is 0 Å². The minimum Gasteiger partial charge on any atom is -0.481 e. The Labute approximate surface area is 101 Å². The highest BCUT2D eigenvalue weighted by atomic mass is 16.4. The number of nitrogens with two attached hydrogens (primary N) is 1. The summed E-state index contributed by atoms with van der Waals surface area (Å²) in [6.07, 6.45) is 2.66. The number of amidine groups is 1. The molecular weight excluding hydrogens is 216 g/mol. The first-order chi connectivity index (χ1) is 8.00. The third-order valence-corrected chi connectivity index (χ3v) is 2.74. The summed E-state index contributed by atoms with van der Waals surface area (Å²) >= 11 is 0. The number of nitrogen functional groups attached to an aromatic ring is 1. The summed E-state index contributed by atoms with van der Waals surface area (Å²) in [6, 6.07) is 5.70. The largest absolute Gasteiger partial charge is 0.481 e. The molecule has 1 aromatic rings. The van der Waals surface area contributed by atoms with E-state index in [0.717, 1.165) is 24.0 Å². The van der Waals surface area contributed by atoms with Crippen LogP contribution >= 0.6 is 0 Å². The Morgan fingerprint density at radius 1 is 1.41 bits per heavy atom. The molecule has 0 aliphatic heterocycles. The van der Waals surface area contributed by atoms with Crippen LogP contribution in [0.5, 0.6) is 0 Å². The predicted molar refractivity (Wildman–Crippen MR) is 67.4 cm³/mol. The van der Waals surface area contributed by atoms with Crippen molar-refractivity contribution in [2.24, 2.45) is 5.73 Å². The fraction of sp³-hybridized carbons (Fsp3) is 0.385. The SMILES string of the molecule is Cc1cc(C(=N)N)ccc1CCCCC(=O)O. The number of benzene rings is 1. The number of aliphatic carboxylic acids is 1. The van der Waals surface area contributed by atoms with Crippen molar-refractivity contribution in [1.82, 2.24) is 0 Å². The van der Waals surface area contributed by atoms with Crippen LogP contribution in [0.1, 0.15) is 36.0 Å². The number of unbranched alkanes of at least 4 members (excludes halogenated alkanes) is 1. The lowest BCUT2D eigenvalue weighted by atomic mass is 9.99. The zero-order valence-corrected chi connectivity index (χ0v) is 9.99. The van der Waals surface area contributed by atoms with Gasteiger partial charge in [0, 0.05) is 12.0 Å². The van der Waals surface area contributed by atoms with E-state index >= 15 is 0 Å². The number of hydrogen-bond donors (Lipinski definition) is 3. The quantitative estimate of drug-likeness (QED) is 0.400. The number of hydrogen-bond acceptors (Lipinski definition) is 2. The van der Waals surface area contributed by atoms with E-state index in [1.165, 1.54) is 5.56 Å². The summed E-state index contributed by atoms with van der Waals surface area (Å²) < 4.78 is 0. The lowest BCUT2D eigenvalue weighted by Crippen LogP contribution is -2.11. The molecule has 0 unspecified atom stereocenters. The molecule has 0 aliphatic rings. The number of nitrogens with one attached hydrogen (secondary N) is 1. The van der Waals surface area contributed by atoms with Gasteiger partial charge in [0.05, 0.1) is 0 Å². The first-order valence-corrected chi connectivity index (χ1v) is 5.66. The molecule has 4 heteroatoms. The monoisotopic (exact) mass is 234 g/mol. The highest BCUT2D eigenvalue weighted by Crippen LogP contribution is 2.14. The predicted octanol–water partition coefficient (Wildman–Crippen LogP) is 2.08. The van der Waals surface area contributed by atoms with Crippen LogP contribution in [0.25, 0.3) is 0 Å². The highest BCUT2D eigenvalue weighted by Gasteiger charge is 2.03. The number of carbonyl (C=O) groups is 1. The normalized spacial score (nSPS) is 10.2. The van der Waals surface area contributed by atoms with Crippen LogP contribution in [0.4, 0.5) is 0 Å². The van der Waals surface area contributed by atoms with E-state index in [4.69, 9.17) is 16.2 Å². The third kappa shape index (κ3) is 4.26. The molecular formula is C13H18N2O2. The first kappa shape index (κ1) is 13.2. The minimum absolute atomic E-state index is 0.0746. The van der Waals surface area contributed by atoms with Crippen molar-refractivity contribution in [3.05, 3.63) is 34.9 Å². The van der Waals surface area contributed by atoms with Gasteiger partial charge in [0.15, 0.2) is 0 Å². The van der Waals surface area contributed by atoms with Crippen LogP contribution in [-0.2, 0) is 11.2 Å². The molecule has 0 aromatic heterocycles. The molecule has 0 saturated heterocycles. The molecule has 0 heterocycles. The van der Waals surface area contributed by atoms with Crippen molar-refractivity contribution in [2.45, 2.75) is 32.6 Å². The average molecular weight is 234 g/mol. The molecule has 4 nitrogen and oxygen atoms in total. The molecule has 1 rings (SSSR count). The van der Waals surface area contributed by atoms with E-state index in [9.17, 15) is 4.79 Å². The smallest absolute Gasteiger partial charge is 0.303 e. The standard InChI is InChI=1S/C13H18N2O2/c1-9-8-11(13(14)15)7-6-10(9)4-2-3-5-12(16)17/h6-8H,2-5H2,1H3,(H3,14,15)(H,16,17). The summed E-state index contributed by atoms with van der Waals surface area (Å²) in [5.41, 5.74) is 8.44. The molecule has 4 N–H and O–H groups in total. The van der Waals surface area contributed by atoms with E-state index in [-0.39, 0.29) is 12.3 Å². The maximum Gasteiger partial charge on any atom is 0.303 e. The summed E-state index contributed by atoms with van der Waals surface area (Å²) in [6.45, 7) is 1.99. The second kappa shape index (κ2) is 6.03. The molecule has 92 valence electrons. The van der Waals surface area contributed by atoms with Crippen LogP contribution in [0.2, 0.25) is 0 Å². The van der Waals surface area contributed by atoms with Gasteiger partial charge in [0.2, 0.25) is 0 Å². The first-order valence-electron chi connectivity index (χ1n) is 5.66. The van der Waals surface area contributed by atoms with E-state index < -0.39 is 5.97 Å². The van der Waals surface area contributed by atoms with Gasteiger partial charge in [-0.3, -0.25) is 10.2 Å². The van der Waals surface area contributed by atoms with Gasteiger partial charge < -0.3 is 10.8 Å². The molecule has 17 heavy (non-hydrogen) atoms. The average Bonchev–Trinajstić information content (AvgIpc) is 2.25. The van der Waals surface area contributed by atoms with Gasteiger partial charge in [-0.25, -0.2) is 0 Å². The fourth-order valence-corrected chi connectivity index (χ4v) is 1.74. The Hall–Kier alpha value is -1.84. The Morgan fingerprint density at radius 2 is 2.12 bits per heavy atom. The van der Waals surface area contributed by atoms with Crippen LogP contribution in [0.3, 0.4) is 0 Å². The van der Waals surface area contributed by atoms with E-state index in [1.807, 2.05) is 25.1 Å². The summed E-state index contributed by atoms with van der Waals surface area (Å²) in [4.78, 5) is 10.4. The number of carboxylic acids is 1. The maximum atomic E-state index is 10.4. The van der Waals surface area contributed by atoms with Gasteiger partial charge in [-0.1, -0.05) is 12.1 Å². The molecule has 0 atom stereocenters. The summed E-state index contributed by atoms with van der Waals surface area (Å²) in [7, 11) is 0. The maximum absolute atomic E-state index is 10.4. The van der Waals surface area contributed by atoms with Crippen molar-refractivity contribution in [1.29, 1.82) is 5.41 Å². The fourth-order valence-electron chi connectivity index (χ4n) is 1.74. The van der Waals surface area contributed by atoms with E-state index in [2.05, 4.69) is 0 Å². The second-order valence-electron chi connectivity index (χ2n) is 4.16. The molecule has 0 spiro atoms. The van der Waals surface area contributed by atoms with Gasteiger partial charge in [0.25, 0.3) is 0 Å². The zero-order chi connectivity index (χ0) is 12.8. The van der Waals surface area contributed by atoms with E-state index in [1.54, 1.807) is 0 Å². The van der Waals surface area contributed by atoms with Crippen molar-refractivity contribution in [3.8, 4) is 0 Å². The topological polar surface area (TPSA) is 87.2 Å². The Bertz CT molecular complexity index is 427. The van der Waals surface area contributed by atoms with Gasteiger partial charge >= 0.3 is 5.97 Å². The van der Waals surface area contributed by atoms with Crippen molar-refractivity contribution >= 4 is 11.8 Å². The van der Waals surface area contributed by atoms with Crippen molar-refractivity contribution in [3.63, 3.8) is 0 Å². The highest BCUT2D eigenvalue weighted by molar-refractivity contribution is 5.95. The molecule has 0 amide bonds. The molecule has 1 aromatic carbocycles. The van der Waals surface area contributed by atoms with Crippen LogP contribution in [0, 0.1) is 12.3 Å². The van der Waals surface area contributed by atoms with Crippen LogP contribution < -0.4 is 5.73 Å². The Kier molecular flexibility index (Phi) is 4.69. The molecule has 0 saturated carbocycles. The summed E-state index contributed by atoms with van der Waals surface area (Å²) in [5, 5.41) is 15.9.